The van der Waals surface area contributed by atoms with Crippen molar-refractivity contribution < 1.29 is 19.1 Å². The van der Waals surface area contributed by atoms with Crippen LogP contribution in [0, 0.1) is 17.3 Å². The SMILES string of the molecule is CCCCOC(=O)/C=C/C(=O)OCC1=CC2CC(C1)C2(C)C. The summed E-state index contributed by atoms with van der Waals surface area (Å²) in [5, 5.41) is 0. The normalized spacial score (nSPS) is 25.3. The van der Waals surface area contributed by atoms with Crippen LogP contribution in [0.15, 0.2) is 23.8 Å². The average molecular weight is 306 g/mol. The van der Waals surface area contributed by atoms with Crippen LogP contribution in [0.2, 0.25) is 0 Å². The van der Waals surface area contributed by atoms with Gasteiger partial charge in [0.1, 0.15) is 6.61 Å². The second-order valence-electron chi connectivity index (χ2n) is 6.85. The largest absolute Gasteiger partial charge is 0.463 e. The van der Waals surface area contributed by atoms with Crippen molar-refractivity contribution in [3.63, 3.8) is 0 Å². The minimum atomic E-state index is -0.495. The van der Waals surface area contributed by atoms with E-state index in [-0.39, 0.29) is 0 Å². The Morgan fingerprint density at radius 3 is 2.50 bits per heavy atom. The lowest BCUT2D eigenvalue weighted by atomic mass is 9.50. The molecule has 0 aliphatic heterocycles. The van der Waals surface area contributed by atoms with Crippen LogP contribution >= 0.6 is 0 Å². The molecule has 1 fully saturated rings. The monoisotopic (exact) mass is 306 g/mol. The predicted octanol–water partition coefficient (Wildman–Crippen LogP) is 3.42. The Hall–Kier alpha value is -1.58. The Morgan fingerprint density at radius 2 is 1.95 bits per heavy atom. The first-order valence-corrected chi connectivity index (χ1v) is 8.14. The van der Waals surface area contributed by atoms with E-state index in [0.29, 0.717) is 30.5 Å². The molecule has 0 N–H and O–H groups in total. The minimum Gasteiger partial charge on any atom is -0.463 e. The summed E-state index contributed by atoms with van der Waals surface area (Å²) in [5.41, 5.74) is 1.60. The van der Waals surface area contributed by atoms with E-state index in [1.165, 1.54) is 12.0 Å². The average Bonchev–Trinajstić information content (AvgIpc) is 2.51. The number of hydrogen-bond donors (Lipinski definition) is 0. The maximum absolute atomic E-state index is 11.6. The van der Waals surface area contributed by atoms with Gasteiger partial charge in [-0.1, -0.05) is 33.3 Å². The van der Waals surface area contributed by atoms with Crippen molar-refractivity contribution in [2.45, 2.75) is 46.5 Å². The molecule has 0 aromatic rings. The van der Waals surface area contributed by atoms with Crippen molar-refractivity contribution in [1.29, 1.82) is 0 Å². The van der Waals surface area contributed by atoms with Gasteiger partial charge < -0.3 is 9.47 Å². The summed E-state index contributed by atoms with van der Waals surface area (Å²) in [6, 6.07) is 0. The van der Waals surface area contributed by atoms with Crippen molar-refractivity contribution in [2.75, 3.05) is 13.2 Å². The first-order valence-electron chi connectivity index (χ1n) is 8.14. The molecule has 1 saturated carbocycles. The zero-order valence-corrected chi connectivity index (χ0v) is 13.8. The molecule has 3 rings (SSSR count). The fourth-order valence-corrected chi connectivity index (χ4v) is 3.17. The summed E-state index contributed by atoms with van der Waals surface area (Å²) >= 11 is 0. The standard InChI is InChI=1S/C18H26O4/c1-4-5-8-21-16(19)6-7-17(20)22-12-13-9-14-11-15(10-13)18(14,2)3/h6-7,9,14-15H,4-5,8,10-12H2,1-3H3/b7-6+. The van der Waals surface area contributed by atoms with Gasteiger partial charge in [-0.3, -0.25) is 0 Å². The Balaban J connectivity index is 1.69. The number of allylic oxidation sites excluding steroid dienone is 1. The summed E-state index contributed by atoms with van der Waals surface area (Å²) < 4.78 is 10.1. The molecule has 0 aromatic carbocycles. The van der Waals surface area contributed by atoms with E-state index in [9.17, 15) is 9.59 Å². The zero-order valence-electron chi connectivity index (χ0n) is 13.8. The van der Waals surface area contributed by atoms with Gasteiger partial charge in [0.25, 0.3) is 0 Å². The summed E-state index contributed by atoms with van der Waals surface area (Å²) in [4.78, 5) is 22.9. The minimum absolute atomic E-state index is 0.330. The van der Waals surface area contributed by atoms with Gasteiger partial charge in [0, 0.05) is 12.2 Å². The lowest BCUT2D eigenvalue weighted by Gasteiger charge is -2.55. The number of carbonyl (C=O) groups excluding carboxylic acids is 2. The lowest BCUT2D eigenvalue weighted by molar-refractivity contribution is -0.140. The van der Waals surface area contributed by atoms with Gasteiger partial charge in [0.15, 0.2) is 0 Å². The maximum atomic E-state index is 11.6. The quantitative estimate of drug-likeness (QED) is 0.313. The summed E-state index contributed by atoms with van der Waals surface area (Å²) in [6.45, 7) is 7.35. The topological polar surface area (TPSA) is 52.6 Å². The molecule has 2 atom stereocenters. The van der Waals surface area contributed by atoms with Crippen LogP contribution in [0.5, 0.6) is 0 Å². The Labute approximate surface area is 132 Å². The molecule has 3 aliphatic rings. The molecule has 2 bridgehead atoms. The maximum Gasteiger partial charge on any atom is 0.331 e. The fraction of sp³-hybridized carbons (Fsp3) is 0.667. The van der Waals surface area contributed by atoms with Crippen molar-refractivity contribution in [3.8, 4) is 0 Å². The van der Waals surface area contributed by atoms with Crippen LogP contribution in [0.1, 0.15) is 46.5 Å². The van der Waals surface area contributed by atoms with E-state index in [0.717, 1.165) is 31.4 Å². The fourth-order valence-electron chi connectivity index (χ4n) is 3.17. The molecule has 3 aliphatic carbocycles. The van der Waals surface area contributed by atoms with Gasteiger partial charge in [0.2, 0.25) is 0 Å². The molecular formula is C18H26O4. The van der Waals surface area contributed by atoms with Crippen molar-refractivity contribution >= 4 is 11.9 Å². The highest BCUT2D eigenvalue weighted by Crippen LogP contribution is 2.57. The van der Waals surface area contributed by atoms with E-state index in [2.05, 4.69) is 19.9 Å². The van der Waals surface area contributed by atoms with E-state index in [4.69, 9.17) is 9.47 Å². The molecule has 0 spiro atoms. The Morgan fingerprint density at radius 1 is 1.27 bits per heavy atom. The highest BCUT2D eigenvalue weighted by Gasteiger charge is 2.49. The number of hydrogen-bond acceptors (Lipinski definition) is 4. The second-order valence-corrected chi connectivity index (χ2v) is 6.85. The molecule has 122 valence electrons. The van der Waals surface area contributed by atoms with Gasteiger partial charge >= 0.3 is 11.9 Å². The molecule has 0 amide bonds. The lowest BCUT2D eigenvalue weighted by Crippen LogP contribution is -2.47. The summed E-state index contributed by atoms with van der Waals surface area (Å²) in [6.07, 6.45) is 8.60. The highest BCUT2D eigenvalue weighted by molar-refractivity contribution is 5.91. The smallest absolute Gasteiger partial charge is 0.331 e. The first kappa shape index (κ1) is 16.8. The molecule has 2 unspecified atom stereocenters. The van der Waals surface area contributed by atoms with Crippen LogP contribution in [0.25, 0.3) is 0 Å². The van der Waals surface area contributed by atoms with Crippen LogP contribution in [0.3, 0.4) is 0 Å². The van der Waals surface area contributed by atoms with Crippen molar-refractivity contribution in [3.05, 3.63) is 23.8 Å². The number of esters is 2. The number of fused-ring (bicyclic) bond motifs is 1. The third-order valence-corrected chi connectivity index (χ3v) is 4.99. The predicted molar refractivity (Wildman–Crippen MR) is 84.0 cm³/mol. The van der Waals surface area contributed by atoms with Crippen molar-refractivity contribution in [2.24, 2.45) is 17.3 Å². The van der Waals surface area contributed by atoms with Crippen LogP contribution in [-0.4, -0.2) is 25.2 Å². The second kappa shape index (κ2) is 7.12. The van der Waals surface area contributed by atoms with E-state index in [1.807, 2.05) is 6.92 Å². The van der Waals surface area contributed by atoms with E-state index < -0.39 is 11.9 Å². The molecule has 22 heavy (non-hydrogen) atoms. The Bertz CT molecular complexity index is 487. The summed E-state index contributed by atoms with van der Waals surface area (Å²) in [7, 11) is 0. The number of ether oxygens (including phenoxy) is 2. The molecular weight excluding hydrogens is 280 g/mol. The van der Waals surface area contributed by atoms with Gasteiger partial charge in [0.05, 0.1) is 6.61 Å². The van der Waals surface area contributed by atoms with Crippen LogP contribution in [-0.2, 0) is 19.1 Å². The van der Waals surface area contributed by atoms with Crippen LogP contribution < -0.4 is 0 Å². The molecule has 4 heteroatoms. The Kier molecular flexibility index (Phi) is 5.43. The summed E-state index contributed by atoms with van der Waals surface area (Å²) in [5.74, 6) is 0.335. The van der Waals surface area contributed by atoms with E-state index >= 15 is 0 Å². The number of carbonyl (C=O) groups is 2. The molecule has 0 radical (unpaired) electrons. The van der Waals surface area contributed by atoms with Crippen molar-refractivity contribution in [1.82, 2.24) is 0 Å². The highest BCUT2D eigenvalue weighted by atomic mass is 16.5. The molecule has 0 saturated heterocycles. The van der Waals surface area contributed by atoms with Crippen LogP contribution in [0.4, 0.5) is 0 Å². The number of unbranched alkanes of at least 4 members (excludes halogenated alkanes) is 1. The van der Waals surface area contributed by atoms with Gasteiger partial charge in [-0.05, 0) is 42.1 Å². The first-order chi connectivity index (χ1) is 10.4. The van der Waals surface area contributed by atoms with Gasteiger partial charge in [-0.25, -0.2) is 9.59 Å². The van der Waals surface area contributed by atoms with Gasteiger partial charge in [-0.15, -0.1) is 0 Å². The molecule has 0 heterocycles. The van der Waals surface area contributed by atoms with E-state index in [1.54, 1.807) is 0 Å². The molecule has 0 aromatic heterocycles. The third-order valence-electron chi connectivity index (χ3n) is 4.99. The number of rotatable bonds is 7. The zero-order chi connectivity index (χ0) is 16.2. The third kappa shape index (κ3) is 3.99. The molecule has 4 nitrogen and oxygen atoms in total. The van der Waals surface area contributed by atoms with Gasteiger partial charge in [-0.2, -0.15) is 0 Å².